The van der Waals surface area contributed by atoms with Crippen molar-refractivity contribution >= 4 is 37.5 Å². The van der Waals surface area contributed by atoms with Crippen LogP contribution in [0.25, 0.3) is 0 Å². The summed E-state index contributed by atoms with van der Waals surface area (Å²) in [6.45, 7) is 3.17. The standard InChI is InChI=1S/C17H19Br2NO/c1-12(13-6-4-3-5-7-13)8-9-20-16-11-17(21-2)15(19)10-14(16)18/h3-7,10-12,20H,8-9H2,1-2H3. The van der Waals surface area contributed by atoms with E-state index in [2.05, 4.69) is 74.4 Å². The molecule has 0 bridgehead atoms. The van der Waals surface area contributed by atoms with Crippen molar-refractivity contribution < 1.29 is 4.74 Å². The molecule has 0 radical (unpaired) electrons. The van der Waals surface area contributed by atoms with Gasteiger partial charge in [0, 0.05) is 17.1 Å². The van der Waals surface area contributed by atoms with Gasteiger partial charge in [0.15, 0.2) is 0 Å². The van der Waals surface area contributed by atoms with Gasteiger partial charge in [0.1, 0.15) is 5.75 Å². The van der Waals surface area contributed by atoms with E-state index in [-0.39, 0.29) is 0 Å². The maximum Gasteiger partial charge on any atom is 0.135 e. The highest BCUT2D eigenvalue weighted by Gasteiger charge is 2.08. The van der Waals surface area contributed by atoms with E-state index in [9.17, 15) is 0 Å². The predicted octanol–water partition coefficient (Wildman–Crippen LogP) is 5.83. The molecule has 0 aliphatic rings. The minimum Gasteiger partial charge on any atom is -0.495 e. The van der Waals surface area contributed by atoms with Crippen LogP contribution in [0.15, 0.2) is 51.4 Å². The first kappa shape index (κ1) is 16.4. The van der Waals surface area contributed by atoms with Crippen molar-refractivity contribution in [2.45, 2.75) is 19.3 Å². The third-order valence-electron chi connectivity index (χ3n) is 3.50. The van der Waals surface area contributed by atoms with Gasteiger partial charge in [-0.25, -0.2) is 0 Å². The highest BCUT2D eigenvalue weighted by atomic mass is 79.9. The Morgan fingerprint density at radius 3 is 2.48 bits per heavy atom. The van der Waals surface area contributed by atoms with E-state index in [1.54, 1.807) is 7.11 Å². The zero-order valence-corrected chi connectivity index (χ0v) is 15.4. The van der Waals surface area contributed by atoms with Crippen molar-refractivity contribution in [2.24, 2.45) is 0 Å². The number of hydrogen-bond donors (Lipinski definition) is 1. The maximum atomic E-state index is 5.33. The van der Waals surface area contributed by atoms with Crippen molar-refractivity contribution in [1.82, 2.24) is 0 Å². The monoisotopic (exact) mass is 411 g/mol. The molecular formula is C17H19Br2NO. The molecule has 1 atom stereocenters. The molecule has 0 aliphatic heterocycles. The van der Waals surface area contributed by atoms with Crippen LogP contribution in [0.5, 0.6) is 5.75 Å². The first-order valence-electron chi connectivity index (χ1n) is 6.93. The fourth-order valence-corrected chi connectivity index (χ4v) is 3.49. The van der Waals surface area contributed by atoms with Gasteiger partial charge in [-0.3, -0.25) is 0 Å². The average molecular weight is 413 g/mol. The van der Waals surface area contributed by atoms with Gasteiger partial charge in [-0.05, 0) is 55.8 Å². The smallest absolute Gasteiger partial charge is 0.135 e. The lowest BCUT2D eigenvalue weighted by molar-refractivity contribution is 0.412. The van der Waals surface area contributed by atoms with Crippen LogP contribution in [-0.2, 0) is 0 Å². The van der Waals surface area contributed by atoms with Crippen LogP contribution in [0.3, 0.4) is 0 Å². The third kappa shape index (κ3) is 4.48. The topological polar surface area (TPSA) is 21.3 Å². The number of rotatable bonds is 6. The average Bonchev–Trinajstić information content (AvgIpc) is 2.50. The van der Waals surface area contributed by atoms with E-state index >= 15 is 0 Å². The van der Waals surface area contributed by atoms with Gasteiger partial charge in [0.05, 0.1) is 17.3 Å². The highest BCUT2D eigenvalue weighted by Crippen LogP contribution is 2.34. The molecule has 112 valence electrons. The summed E-state index contributed by atoms with van der Waals surface area (Å²) in [5.41, 5.74) is 2.43. The predicted molar refractivity (Wildman–Crippen MR) is 96.4 cm³/mol. The first-order chi connectivity index (χ1) is 10.1. The summed E-state index contributed by atoms with van der Waals surface area (Å²) in [6.07, 6.45) is 1.08. The lowest BCUT2D eigenvalue weighted by Crippen LogP contribution is -2.06. The normalized spacial score (nSPS) is 12.0. The fraction of sp³-hybridized carbons (Fsp3) is 0.294. The summed E-state index contributed by atoms with van der Waals surface area (Å²) in [4.78, 5) is 0. The Kier molecular flexibility index (Phi) is 6.12. The van der Waals surface area contributed by atoms with Crippen LogP contribution in [0, 0.1) is 0 Å². The van der Waals surface area contributed by atoms with Crippen molar-refractivity contribution in [3.8, 4) is 5.75 Å². The van der Waals surface area contributed by atoms with Crippen molar-refractivity contribution in [3.05, 3.63) is 57.0 Å². The zero-order chi connectivity index (χ0) is 15.2. The molecule has 0 aliphatic carbocycles. The lowest BCUT2D eigenvalue weighted by Gasteiger charge is -2.15. The Morgan fingerprint density at radius 1 is 1.10 bits per heavy atom. The summed E-state index contributed by atoms with van der Waals surface area (Å²) >= 11 is 7.06. The maximum absolute atomic E-state index is 5.33. The number of methoxy groups -OCH3 is 1. The van der Waals surface area contributed by atoms with E-state index in [4.69, 9.17) is 4.74 Å². The number of halogens is 2. The minimum atomic E-state index is 0.537. The van der Waals surface area contributed by atoms with Gasteiger partial charge in [-0.1, -0.05) is 37.3 Å². The number of benzene rings is 2. The second-order valence-electron chi connectivity index (χ2n) is 4.99. The molecule has 0 saturated carbocycles. The van der Waals surface area contributed by atoms with Crippen molar-refractivity contribution in [3.63, 3.8) is 0 Å². The molecule has 2 aromatic rings. The molecule has 2 rings (SSSR count). The van der Waals surface area contributed by atoms with Crippen molar-refractivity contribution in [2.75, 3.05) is 19.0 Å². The highest BCUT2D eigenvalue weighted by molar-refractivity contribution is 9.11. The summed E-state index contributed by atoms with van der Waals surface area (Å²) in [5, 5.41) is 3.47. The van der Waals surface area contributed by atoms with Gasteiger partial charge in [-0.15, -0.1) is 0 Å². The Bertz CT molecular complexity index is 587. The summed E-state index contributed by atoms with van der Waals surface area (Å²) in [6, 6.07) is 14.6. The molecule has 2 aromatic carbocycles. The minimum absolute atomic E-state index is 0.537. The molecule has 0 heterocycles. The second-order valence-corrected chi connectivity index (χ2v) is 6.70. The number of ether oxygens (including phenoxy) is 1. The van der Waals surface area contributed by atoms with Gasteiger partial charge in [0.2, 0.25) is 0 Å². The van der Waals surface area contributed by atoms with Crippen LogP contribution in [0.2, 0.25) is 0 Å². The Labute approximate surface area is 143 Å². The van der Waals surface area contributed by atoms with Gasteiger partial charge < -0.3 is 10.1 Å². The van der Waals surface area contributed by atoms with Gasteiger partial charge >= 0.3 is 0 Å². The Balaban J connectivity index is 1.94. The summed E-state index contributed by atoms with van der Waals surface area (Å²) in [7, 11) is 1.68. The lowest BCUT2D eigenvalue weighted by atomic mass is 9.98. The van der Waals surface area contributed by atoms with E-state index in [1.165, 1.54) is 5.56 Å². The van der Waals surface area contributed by atoms with Crippen LogP contribution < -0.4 is 10.1 Å². The van der Waals surface area contributed by atoms with Gasteiger partial charge in [-0.2, -0.15) is 0 Å². The largest absolute Gasteiger partial charge is 0.495 e. The third-order valence-corrected chi connectivity index (χ3v) is 4.78. The summed E-state index contributed by atoms with van der Waals surface area (Å²) < 4.78 is 7.30. The molecule has 2 nitrogen and oxygen atoms in total. The molecule has 0 spiro atoms. The first-order valence-corrected chi connectivity index (χ1v) is 8.52. The van der Waals surface area contributed by atoms with E-state index in [1.807, 2.05) is 12.1 Å². The van der Waals surface area contributed by atoms with E-state index in [0.717, 1.165) is 33.3 Å². The number of anilines is 1. The quantitative estimate of drug-likeness (QED) is 0.644. The van der Waals surface area contributed by atoms with E-state index in [0.29, 0.717) is 5.92 Å². The van der Waals surface area contributed by atoms with Crippen LogP contribution in [0.1, 0.15) is 24.8 Å². The zero-order valence-electron chi connectivity index (χ0n) is 12.2. The molecule has 0 fully saturated rings. The Morgan fingerprint density at radius 2 is 1.81 bits per heavy atom. The number of nitrogens with one attached hydrogen (secondary N) is 1. The molecule has 0 amide bonds. The molecule has 1 N–H and O–H groups in total. The fourth-order valence-electron chi connectivity index (χ4n) is 2.19. The van der Waals surface area contributed by atoms with Gasteiger partial charge in [0.25, 0.3) is 0 Å². The molecule has 0 aromatic heterocycles. The summed E-state index contributed by atoms with van der Waals surface area (Å²) in [5.74, 6) is 1.37. The molecule has 0 saturated heterocycles. The molecule has 4 heteroatoms. The second kappa shape index (κ2) is 7.85. The Hall–Kier alpha value is -1.000. The molecule has 21 heavy (non-hydrogen) atoms. The van der Waals surface area contributed by atoms with Crippen molar-refractivity contribution in [1.29, 1.82) is 0 Å². The van der Waals surface area contributed by atoms with Crippen LogP contribution in [0.4, 0.5) is 5.69 Å². The van der Waals surface area contributed by atoms with Crippen LogP contribution >= 0.6 is 31.9 Å². The van der Waals surface area contributed by atoms with E-state index < -0.39 is 0 Å². The SMILES string of the molecule is COc1cc(NCCC(C)c2ccccc2)c(Br)cc1Br. The molecular weight excluding hydrogens is 394 g/mol. The number of hydrogen-bond acceptors (Lipinski definition) is 2. The molecule has 1 unspecified atom stereocenters. The van der Waals surface area contributed by atoms with Crippen LogP contribution in [-0.4, -0.2) is 13.7 Å².